The van der Waals surface area contributed by atoms with E-state index in [1.54, 1.807) is 0 Å². The van der Waals surface area contributed by atoms with Crippen molar-refractivity contribution >= 4 is 23.0 Å². The van der Waals surface area contributed by atoms with Crippen LogP contribution in [0.15, 0.2) is 82.8 Å². The van der Waals surface area contributed by atoms with Crippen LogP contribution in [0.25, 0.3) is 0 Å². The number of hydrogen-bond acceptors (Lipinski definition) is 4. The second kappa shape index (κ2) is 9.93. The molecule has 0 spiro atoms. The zero-order valence-electron chi connectivity index (χ0n) is 22.4. The van der Waals surface area contributed by atoms with Crippen molar-refractivity contribution in [2.45, 2.75) is 53.6 Å². The Labute approximate surface area is 216 Å². The summed E-state index contributed by atoms with van der Waals surface area (Å²) in [7, 11) is 0. The van der Waals surface area contributed by atoms with Crippen LogP contribution in [0.5, 0.6) is 0 Å². The fraction of sp³-hybridized carbons (Fsp3) is 0.375. The number of aryl methyl sites for hydroxylation is 2. The smallest absolute Gasteiger partial charge is 0.135 e. The van der Waals surface area contributed by atoms with Crippen molar-refractivity contribution < 1.29 is 0 Å². The molecule has 3 aromatic rings. The summed E-state index contributed by atoms with van der Waals surface area (Å²) in [4.78, 5) is 15.2. The molecule has 0 aromatic heterocycles. The zero-order chi connectivity index (χ0) is 25.4. The van der Waals surface area contributed by atoms with Crippen LogP contribution in [0.2, 0.25) is 0 Å². The SMILES string of the molecule is Cc1ccc(N2C[C@H](C(C)C)N=C2c2cccc(C3=N[C@@H](C(C)C)CN3c3ccc(C)cc3)c2)cc1. The van der Waals surface area contributed by atoms with Gasteiger partial charge >= 0.3 is 0 Å². The molecule has 0 aliphatic carbocycles. The molecule has 0 fully saturated rings. The fourth-order valence-corrected chi connectivity index (χ4v) is 4.96. The summed E-state index contributed by atoms with van der Waals surface area (Å²) in [6.07, 6.45) is 0. The molecule has 0 saturated heterocycles. The first kappa shape index (κ1) is 24.3. The van der Waals surface area contributed by atoms with Gasteiger partial charge in [0.2, 0.25) is 0 Å². The lowest BCUT2D eigenvalue weighted by Gasteiger charge is -2.24. The average Bonchev–Trinajstić information content (AvgIpc) is 3.51. The maximum Gasteiger partial charge on any atom is 0.135 e. The standard InChI is InChI=1S/C32H38N4/c1-21(2)29-19-35(27-14-10-23(5)11-15-27)31(33-29)25-8-7-9-26(18-25)32-34-30(22(3)4)20-36(32)28-16-12-24(6)13-17-28/h7-18,21-22,29-30H,19-20H2,1-6H3/t29-,30-/m1/s1. The van der Waals surface area contributed by atoms with Crippen LogP contribution in [-0.2, 0) is 0 Å². The molecular formula is C32H38N4. The lowest BCUT2D eigenvalue weighted by atomic mass is 10.1. The van der Waals surface area contributed by atoms with Crippen LogP contribution in [0, 0.1) is 25.7 Å². The van der Waals surface area contributed by atoms with E-state index in [4.69, 9.17) is 9.98 Å². The van der Waals surface area contributed by atoms with E-state index in [1.165, 1.54) is 22.5 Å². The Morgan fingerprint density at radius 3 is 1.36 bits per heavy atom. The Kier molecular flexibility index (Phi) is 6.70. The highest BCUT2D eigenvalue weighted by Gasteiger charge is 2.32. The summed E-state index contributed by atoms with van der Waals surface area (Å²) in [6, 6.07) is 27.0. The monoisotopic (exact) mass is 478 g/mol. The van der Waals surface area contributed by atoms with Gasteiger partial charge in [0.15, 0.2) is 0 Å². The molecule has 2 aliphatic rings. The second-order valence-corrected chi connectivity index (χ2v) is 11.0. The van der Waals surface area contributed by atoms with Gasteiger partial charge in [-0.3, -0.25) is 9.98 Å². The third-order valence-corrected chi connectivity index (χ3v) is 7.44. The third-order valence-electron chi connectivity index (χ3n) is 7.44. The Hall–Kier alpha value is -3.40. The lowest BCUT2D eigenvalue weighted by molar-refractivity contribution is 0.521. The van der Waals surface area contributed by atoms with Crippen LogP contribution >= 0.6 is 0 Å². The van der Waals surface area contributed by atoms with Gasteiger partial charge in [-0.05, 0) is 56.0 Å². The van der Waals surface area contributed by atoms with Crippen molar-refractivity contribution in [1.29, 1.82) is 0 Å². The predicted molar refractivity (Wildman–Crippen MR) is 154 cm³/mol. The normalized spacial score (nSPS) is 19.9. The highest BCUT2D eigenvalue weighted by atomic mass is 15.3. The van der Waals surface area contributed by atoms with E-state index in [9.17, 15) is 0 Å². The minimum Gasteiger partial charge on any atom is -0.324 e. The van der Waals surface area contributed by atoms with Crippen molar-refractivity contribution in [3.63, 3.8) is 0 Å². The van der Waals surface area contributed by atoms with Crippen molar-refractivity contribution in [3.05, 3.63) is 95.1 Å². The Bertz CT molecular complexity index is 1170. The van der Waals surface area contributed by atoms with Crippen molar-refractivity contribution in [1.82, 2.24) is 0 Å². The Morgan fingerprint density at radius 2 is 1.00 bits per heavy atom. The van der Waals surface area contributed by atoms with E-state index < -0.39 is 0 Å². The van der Waals surface area contributed by atoms with E-state index in [2.05, 4.69) is 124 Å². The summed E-state index contributed by atoms with van der Waals surface area (Å²) in [5.41, 5.74) is 7.24. The second-order valence-electron chi connectivity index (χ2n) is 11.0. The molecule has 4 nitrogen and oxygen atoms in total. The van der Waals surface area contributed by atoms with Gasteiger partial charge in [-0.15, -0.1) is 0 Å². The van der Waals surface area contributed by atoms with Gasteiger partial charge < -0.3 is 9.80 Å². The zero-order valence-corrected chi connectivity index (χ0v) is 22.4. The van der Waals surface area contributed by atoms with E-state index in [1.807, 2.05) is 0 Å². The molecule has 2 aliphatic heterocycles. The molecule has 0 N–H and O–H groups in total. The third kappa shape index (κ3) is 4.82. The molecule has 0 amide bonds. The van der Waals surface area contributed by atoms with E-state index in [0.717, 1.165) is 35.9 Å². The molecule has 2 heterocycles. The van der Waals surface area contributed by atoms with Gasteiger partial charge in [-0.1, -0.05) is 81.3 Å². The summed E-state index contributed by atoms with van der Waals surface area (Å²) < 4.78 is 0. The minimum atomic E-state index is 0.281. The molecule has 36 heavy (non-hydrogen) atoms. The number of hydrogen-bond donors (Lipinski definition) is 0. The number of aliphatic imine (C=N–C) groups is 2. The fourth-order valence-electron chi connectivity index (χ4n) is 4.96. The van der Waals surface area contributed by atoms with Gasteiger partial charge in [-0.25, -0.2) is 0 Å². The van der Waals surface area contributed by atoms with Crippen LogP contribution < -0.4 is 9.80 Å². The highest BCUT2D eigenvalue weighted by molar-refractivity contribution is 6.15. The van der Waals surface area contributed by atoms with E-state index in [-0.39, 0.29) is 12.1 Å². The largest absolute Gasteiger partial charge is 0.324 e. The molecule has 0 unspecified atom stereocenters. The first-order valence-electron chi connectivity index (χ1n) is 13.2. The van der Waals surface area contributed by atoms with Crippen molar-refractivity contribution in [3.8, 4) is 0 Å². The number of amidine groups is 2. The molecular weight excluding hydrogens is 440 g/mol. The molecule has 3 aromatic carbocycles. The van der Waals surface area contributed by atoms with E-state index in [0.29, 0.717) is 11.8 Å². The molecule has 0 bridgehead atoms. The first-order chi connectivity index (χ1) is 17.3. The Balaban J connectivity index is 1.54. The maximum absolute atomic E-state index is 5.22. The van der Waals surface area contributed by atoms with Gasteiger partial charge in [0.05, 0.1) is 12.1 Å². The topological polar surface area (TPSA) is 31.2 Å². The first-order valence-corrected chi connectivity index (χ1v) is 13.2. The number of nitrogens with zero attached hydrogens (tertiary/aromatic N) is 4. The molecule has 186 valence electrons. The molecule has 4 heteroatoms. The summed E-state index contributed by atoms with van der Waals surface area (Å²) in [5.74, 6) is 3.09. The van der Waals surface area contributed by atoms with E-state index >= 15 is 0 Å². The summed E-state index contributed by atoms with van der Waals surface area (Å²) >= 11 is 0. The van der Waals surface area contributed by atoms with Crippen molar-refractivity contribution in [2.24, 2.45) is 21.8 Å². The van der Waals surface area contributed by atoms with Crippen molar-refractivity contribution in [2.75, 3.05) is 22.9 Å². The van der Waals surface area contributed by atoms with Gasteiger partial charge in [0.25, 0.3) is 0 Å². The summed E-state index contributed by atoms with van der Waals surface area (Å²) in [6.45, 7) is 15.1. The summed E-state index contributed by atoms with van der Waals surface area (Å²) in [5, 5.41) is 0. The Morgan fingerprint density at radius 1 is 0.611 bits per heavy atom. The molecule has 0 radical (unpaired) electrons. The number of anilines is 2. The number of benzene rings is 3. The highest BCUT2D eigenvalue weighted by Crippen LogP contribution is 2.30. The molecule has 5 rings (SSSR count). The van der Waals surface area contributed by atoms with Crippen LogP contribution in [0.1, 0.15) is 49.9 Å². The van der Waals surface area contributed by atoms with Crippen LogP contribution in [0.4, 0.5) is 11.4 Å². The van der Waals surface area contributed by atoms with Gasteiger partial charge in [0, 0.05) is 35.6 Å². The van der Waals surface area contributed by atoms with Gasteiger partial charge in [-0.2, -0.15) is 0 Å². The lowest BCUT2D eigenvalue weighted by Crippen LogP contribution is -2.32. The quantitative estimate of drug-likeness (QED) is 0.386. The average molecular weight is 479 g/mol. The van der Waals surface area contributed by atoms with Crippen LogP contribution in [0.3, 0.4) is 0 Å². The molecule has 0 saturated carbocycles. The number of rotatable bonds is 6. The molecule has 2 atom stereocenters. The van der Waals surface area contributed by atoms with Gasteiger partial charge in [0.1, 0.15) is 11.7 Å². The maximum atomic E-state index is 5.22. The van der Waals surface area contributed by atoms with Crippen LogP contribution in [-0.4, -0.2) is 36.8 Å². The predicted octanol–water partition coefficient (Wildman–Crippen LogP) is 6.89. The minimum absolute atomic E-state index is 0.281.